The van der Waals surface area contributed by atoms with Crippen LogP contribution in [-0.4, -0.2) is 42.5 Å². The molecule has 35 heavy (non-hydrogen) atoms. The Morgan fingerprint density at radius 3 is 2.20 bits per heavy atom. The largest absolute Gasteiger partial charge is 0.483 e. The number of hydrogen-bond acceptors (Lipinski definition) is 4. The number of piperidine rings is 1. The van der Waals surface area contributed by atoms with Crippen LogP contribution in [0.1, 0.15) is 28.8 Å². The van der Waals surface area contributed by atoms with Gasteiger partial charge in [0.1, 0.15) is 5.75 Å². The van der Waals surface area contributed by atoms with Gasteiger partial charge in [-0.15, -0.1) is 0 Å². The van der Waals surface area contributed by atoms with Crippen LogP contribution in [0.4, 0.5) is 5.69 Å². The number of halogens is 2. The molecule has 0 bridgehead atoms. The van der Waals surface area contributed by atoms with Crippen molar-refractivity contribution in [2.24, 2.45) is 0 Å². The highest BCUT2D eigenvalue weighted by molar-refractivity contribution is 9.10. The van der Waals surface area contributed by atoms with E-state index in [9.17, 15) is 9.59 Å². The summed E-state index contributed by atoms with van der Waals surface area (Å²) in [6.45, 7) is 1.60. The summed E-state index contributed by atoms with van der Waals surface area (Å²) in [5.41, 5.74) is 2.26. The highest BCUT2D eigenvalue weighted by atomic mass is 79.9. The third kappa shape index (κ3) is 7.40. The minimum atomic E-state index is -0.293. The molecule has 0 atom stereocenters. The smallest absolute Gasteiger partial charge is 0.262 e. The van der Waals surface area contributed by atoms with E-state index >= 15 is 0 Å². The van der Waals surface area contributed by atoms with Gasteiger partial charge in [-0.1, -0.05) is 56.1 Å². The Bertz CT molecular complexity index is 1140. The number of carbonyl (C=O) groups excluding carboxylic acids is 2. The van der Waals surface area contributed by atoms with Crippen LogP contribution in [0.2, 0.25) is 0 Å². The minimum absolute atomic E-state index is 0.0970. The number of likely N-dealkylation sites (tertiary alicyclic amines) is 1. The van der Waals surface area contributed by atoms with Gasteiger partial charge in [0.15, 0.2) is 6.61 Å². The van der Waals surface area contributed by atoms with Crippen LogP contribution < -0.4 is 10.1 Å². The summed E-state index contributed by atoms with van der Waals surface area (Å²) in [5, 5.41) is 2.79. The van der Waals surface area contributed by atoms with Crippen LogP contribution >= 0.6 is 31.9 Å². The lowest BCUT2D eigenvalue weighted by molar-refractivity contribution is -0.118. The Morgan fingerprint density at radius 2 is 1.51 bits per heavy atom. The van der Waals surface area contributed by atoms with Crippen molar-refractivity contribution in [2.75, 3.05) is 25.0 Å². The van der Waals surface area contributed by atoms with Crippen LogP contribution in [0.3, 0.4) is 0 Å². The summed E-state index contributed by atoms with van der Waals surface area (Å²) in [6, 6.07) is 22.4. The predicted octanol–water partition coefficient (Wildman–Crippen LogP) is 6.05. The SMILES string of the molecule is O=C(COc1ccccc1C(=O)N1CCC(OCc2ccc(Br)cc2)CC1)Nc1ccc(Br)cc1. The molecule has 1 fully saturated rings. The molecule has 2 amide bonds. The summed E-state index contributed by atoms with van der Waals surface area (Å²) in [5.74, 6) is 0.00987. The van der Waals surface area contributed by atoms with E-state index < -0.39 is 0 Å². The molecule has 3 aromatic carbocycles. The quantitative estimate of drug-likeness (QED) is 0.341. The van der Waals surface area contributed by atoms with E-state index in [2.05, 4.69) is 37.2 Å². The summed E-state index contributed by atoms with van der Waals surface area (Å²) >= 11 is 6.81. The third-order valence-electron chi connectivity index (χ3n) is 5.73. The molecular weight excluding hydrogens is 576 g/mol. The summed E-state index contributed by atoms with van der Waals surface area (Å²) in [6.07, 6.45) is 1.68. The van der Waals surface area contributed by atoms with E-state index in [4.69, 9.17) is 9.47 Å². The van der Waals surface area contributed by atoms with Crippen molar-refractivity contribution in [1.29, 1.82) is 0 Å². The highest BCUT2D eigenvalue weighted by Gasteiger charge is 2.26. The van der Waals surface area contributed by atoms with E-state index in [1.807, 2.05) is 41.3 Å². The van der Waals surface area contributed by atoms with Crippen LogP contribution in [0.5, 0.6) is 5.75 Å². The van der Waals surface area contributed by atoms with Crippen molar-refractivity contribution in [3.05, 3.63) is 92.9 Å². The molecule has 6 nitrogen and oxygen atoms in total. The Morgan fingerprint density at radius 1 is 0.886 bits per heavy atom. The van der Waals surface area contributed by atoms with Gasteiger partial charge in [0, 0.05) is 27.7 Å². The lowest BCUT2D eigenvalue weighted by atomic mass is 10.1. The van der Waals surface area contributed by atoms with Gasteiger partial charge in [-0.05, 0) is 66.9 Å². The van der Waals surface area contributed by atoms with Gasteiger partial charge in [-0.25, -0.2) is 0 Å². The van der Waals surface area contributed by atoms with Crippen LogP contribution in [0.25, 0.3) is 0 Å². The molecule has 0 aromatic heterocycles. The maximum absolute atomic E-state index is 13.2. The van der Waals surface area contributed by atoms with Crippen LogP contribution in [0, 0.1) is 0 Å². The first kappa shape index (κ1) is 25.4. The van der Waals surface area contributed by atoms with Gasteiger partial charge in [0.2, 0.25) is 0 Å². The molecule has 0 unspecified atom stereocenters. The van der Waals surface area contributed by atoms with Crippen LogP contribution in [0.15, 0.2) is 81.7 Å². The van der Waals surface area contributed by atoms with Crippen molar-refractivity contribution >= 4 is 49.4 Å². The molecular formula is C27H26Br2N2O4. The third-order valence-corrected chi connectivity index (χ3v) is 6.79. The summed E-state index contributed by atoms with van der Waals surface area (Å²) in [4.78, 5) is 27.3. The van der Waals surface area contributed by atoms with E-state index in [1.54, 1.807) is 36.4 Å². The molecule has 8 heteroatoms. The number of nitrogens with one attached hydrogen (secondary N) is 1. The van der Waals surface area contributed by atoms with Crippen molar-refractivity contribution in [1.82, 2.24) is 4.90 Å². The average Bonchev–Trinajstić information content (AvgIpc) is 2.88. The Labute approximate surface area is 221 Å². The molecule has 1 aliphatic heterocycles. The fourth-order valence-corrected chi connectivity index (χ4v) is 4.36. The van der Waals surface area contributed by atoms with Crippen LogP contribution in [-0.2, 0) is 16.1 Å². The first-order chi connectivity index (χ1) is 17.0. The molecule has 1 N–H and O–H groups in total. The lowest BCUT2D eigenvalue weighted by Gasteiger charge is -2.32. The maximum atomic E-state index is 13.2. The first-order valence-corrected chi connectivity index (χ1v) is 13.0. The molecule has 3 aromatic rings. The molecule has 0 aliphatic carbocycles. The normalized spacial score (nSPS) is 13.9. The Hall–Kier alpha value is -2.68. The first-order valence-electron chi connectivity index (χ1n) is 11.4. The van der Waals surface area contributed by atoms with Crippen molar-refractivity contribution < 1.29 is 19.1 Å². The van der Waals surface area contributed by atoms with E-state index in [1.165, 1.54) is 0 Å². The van der Waals surface area contributed by atoms with E-state index in [0.29, 0.717) is 36.7 Å². The monoisotopic (exact) mass is 600 g/mol. The number of amides is 2. The number of anilines is 1. The van der Waals surface area contributed by atoms with E-state index in [-0.39, 0.29) is 24.5 Å². The highest BCUT2D eigenvalue weighted by Crippen LogP contribution is 2.24. The van der Waals surface area contributed by atoms with Gasteiger partial charge in [0.25, 0.3) is 11.8 Å². The molecule has 4 rings (SSSR count). The maximum Gasteiger partial charge on any atom is 0.262 e. The fraction of sp³-hybridized carbons (Fsp3) is 0.259. The zero-order chi connectivity index (χ0) is 24.6. The van der Waals surface area contributed by atoms with Gasteiger partial charge in [0.05, 0.1) is 18.3 Å². The molecule has 182 valence electrons. The van der Waals surface area contributed by atoms with Crippen molar-refractivity contribution in [2.45, 2.75) is 25.6 Å². The zero-order valence-corrected chi connectivity index (χ0v) is 22.3. The summed E-state index contributed by atoms with van der Waals surface area (Å²) < 4.78 is 13.8. The van der Waals surface area contributed by atoms with Gasteiger partial charge < -0.3 is 19.7 Å². The molecule has 1 saturated heterocycles. The number of rotatable bonds is 8. The fourth-order valence-electron chi connectivity index (χ4n) is 3.83. The molecule has 0 radical (unpaired) electrons. The standard InChI is InChI=1S/C27H26Br2N2O4/c28-20-7-5-19(6-8-20)17-34-23-13-15-31(16-14-23)27(33)24-3-1-2-4-25(24)35-18-26(32)30-22-11-9-21(29)10-12-22/h1-12,23H,13-18H2,(H,30,32). The summed E-state index contributed by atoms with van der Waals surface area (Å²) in [7, 11) is 0. The Balaban J connectivity index is 1.27. The number of carbonyl (C=O) groups is 2. The van der Waals surface area contributed by atoms with Gasteiger partial charge in [-0.2, -0.15) is 0 Å². The van der Waals surface area contributed by atoms with Gasteiger partial charge >= 0.3 is 0 Å². The number of ether oxygens (including phenoxy) is 2. The lowest BCUT2D eigenvalue weighted by Crippen LogP contribution is -2.41. The average molecular weight is 602 g/mol. The second-order valence-electron chi connectivity index (χ2n) is 8.27. The molecule has 0 spiro atoms. The molecule has 0 saturated carbocycles. The number of hydrogen-bond donors (Lipinski definition) is 1. The van der Waals surface area contributed by atoms with Crippen molar-refractivity contribution in [3.63, 3.8) is 0 Å². The van der Waals surface area contributed by atoms with E-state index in [0.717, 1.165) is 27.4 Å². The second kappa shape index (κ2) is 12.3. The minimum Gasteiger partial charge on any atom is -0.483 e. The van der Waals surface area contributed by atoms with Crippen molar-refractivity contribution in [3.8, 4) is 5.75 Å². The topological polar surface area (TPSA) is 67.9 Å². The molecule has 1 aliphatic rings. The zero-order valence-electron chi connectivity index (χ0n) is 19.1. The second-order valence-corrected chi connectivity index (χ2v) is 10.1. The predicted molar refractivity (Wildman–Crippen MR) is 143 cm³/mol. The Kier molecular flexibility index (Phi) is 8.95. The van der Waals surface area contributed by atoms with Gasteiger partial charge in [-0.3, -0.25) is 9.59 Å². The number of para-hydroxylation sites is 1. The molecule has 1 heterocycles. The number of benzene rings is 3. The number of nitrogens with zero attached hydrogens (tertiary/aromatic N) is 1.